The fourth-order valence-electron chi connectivity index (χ4n) is 3.56. The first kappa shape index (κ1) is 16.1. The minimum Gasteiger partial charge on any atom is -0.482 e. The number of rotatable bonds is 4. The van der Waals surface area contributed by atoms with Crippen LogP contribution in [0.25, 0.3) is 5.57 Å². The number of benzene rings is 1. The summed E-state index contributed by atoms with van der Waals surface area (Å²) >= 11 is 0. The maximum absolute atomic E-state index is 12.6. The lowest BCUT2D eigenvalue weighted by atomic mass is 9.84. The van der Waals surface area contributed by atoms with Gasteiger partial charge in [0.2, 0.25) is 5.91 Å². The van der Waals surface area contributed by atoms with Crippen LogP contribution in [-0.4, -0.2) is 42.6 Å². The molecule has 1 fully saturated rings. The van der Waals surface area contributed by atoms with Gasteiger partial charge in [-0.15, -0.1) is 0 Å². The highest BCUT2D eigenvalue weighted by Gasteiger charge is 2.37. The number of nitrogens with zero attached hydrogens (tertiary/aromatic N) is 1. The number of nitrogens with one attached hydrogen (secondary N) is 1. The second-order valence-electron chi connectivity index (χ2n) is 6.33. The molecular weight excluding hydrogens is 288 g/mol. The van der Waals surface area contributed by atoms with Crippen molar-refractivity contribution in [3.63, 3.8) is 0 Å². The number of hydrogen-bond donors (Lipinski definition) is 1. The van der Waals surface area contributed by atoms with Gasteiger partial charge in [-0.2, -0.15) is 0 Å². The predicted molar refractivity (Wildman–Crippen MR) is 92.4 cm³/mol. The van der Waals surface area contributed by atoms with Crippen LogP contribution in [0.3, 0.4) is 0 Å². The quantitative estimate of drug-likeness (QED) is 0.929. The van der Waals surface area contributed by atoms with Gasteiger partial charge in [0.25, 0.3) is 0 Å². The molecule has 1 N–H and O–H groups in total. The van der Waals surface area contributed by atoms with Gasteiger partial charge >= 0.3 is 0 Å². The number of fused-ring (bicyclic) bond motifs is 1. The van der Waals surface area contributed by atoms with Gasteiger partial charge in [0.05, 0.1) is 6.42 Å². The summed E-state index contributed by atoms with van der Waals surface area (Å²) in [6.07, 6.45) is 4.57. The van der Waals surface area contributed by atoms with E-state index in [4.69, 9.17) is 4.74 Å². The van der Waals surface area contributed by atoms with E-state index in [1.165, 1.54) is 0 Å². The maximum atomic E-state index is 12.6. The van der Waals surface area contributed by atoms with E-state index in [0.717, 1.165) is 55.9 Å². The van der Waals surface area contributed by atoms with E-state index in [1.54, 1.807) is 0 Å². The number of amides is 1. The first-order valence-electron chi connectivity index (χ1n) is 8.66. The summed E-state index contributed by atoms with van der Waals surface area (Å²) in [5.74, 6) is 1.11. The van der Waals surface area contributed by atoms with Crippen molar-refractivity contribution >= 4 is 11.5 Å². The Morgan fingerprint density at radius 2 is 1.91 bits per heavy atom. The normalized spacial score (nSPS) is 18.8. The average Bonchev–Trinajstić information content (AvgIpc) is 2.56. The van der Waals surface area contributed by atoms with Crippen molar-refractivity contribution in [1.29, 1.82) is 0 Å². The van der Waals surface area contributed by atoms with E-state index >= 15 is 0 Å². The maximum Gasteiger partial charge on any atom is 0.226 e. The van der Waals surface area contributed by atoms with Crippen LogP contribution in [0.5, 0.6) is 5.75 Å². The van der Waals surface area contributed by atoms with Gasteiger partial charge in [-0.25, -0.2) is 0 Å². The molecule has 2 aliphatic rings. The molecule has 0 aromatic heterocycles. The van der Waals surface area contributed by atoms with Crippen molar-refractivity contribution < 1.29 is 9.53 Å². The van der Waals surface area contributed by atoms with Crippen LogP contribution in [0.2, 0.25) is 0 Å². The predicted octanol–water partition coefficient (Wildman–Crippen LogP) is 2.84. The van der Waals surface area contributed by atoms with Crippen LogP contribution >= 0.6 is 0 Å². The van der Waals surface area contributed by atoms with Gasteiger partial charge in [0.15, 0.2) is 0 Å². The van der Waals surface area contributed by atoms with E-state index in [0.29, 0.717) is 6.42 Å². The summed E-state index contributed by atoms with van der Waals surface area (Å²) in [5, 5.41) is 3.39. The van der Waals surface area contributed by atoms with Gasteiger partial charge < -0.3 is 15.0 Å². The molecule has 1 spiro atoms. The molecule has 2 aliphatic heterocycles. The molecule has 0 unspecified atom stereocenters. The lowest BCUT2D eigenvalue weighted by Gasteiger charge is -2.40. The van der Waals surface area contributed by atoms with E-state index in [1.807, 2.05) is 36.9 Å². The zero-order chi connectivity index (χ0) is 16.3. The molecule has 0 radical (unpaired) electrons. The second-order valence-corrected chi connectivity index (χ2v) is 6.33. The number of carbonyl (C=O) groups excluding carboxylic acids is 1. The summed E-state index contributed by atoms with van der Waals surface area (Å²) in [7, 11) is 0. The van der Waals surface area contributed by atoms with E-state index < -0.39 is 0 Å². The molecule has 0 atom stereocenters. The van der Waals surface area contributed by atoms with Crippen molar-refractivity contribution in [1.82, 2.24) is 10.2 Å². The highest BCUT2D eigenvalue weighted by Crippen LogP contribution is 2.41. The first-order chi connectivity index (χ1) is 11.2. The third-order valence-electron chi connectivity index (χ3n) is 4.89. The number of ether oxygens (including phenoxy) is 1. The van der Waals surface area contributed by atoms with Crippen molar-refractivity contribution in [3.05, 3.63) is 35.9 Å². The van der Waals surface area contributed by atoms with Crippen LogP contribution in [0, 0.1) is 0 Å². The number of hydrogen-bond acceptors (Lipinski definition) is 3. The largest absolute Gasteiger partial charge is 0.482 e. The smallest absolute Gasteiger partial charge is 0.226 e. The zero-order valence-electron chi connectivity index (χ0n) is 14.1. The minimum atomic E-state index is -0.252. The van der Waals surface area contributed by atoms with E-state index in [-0.39, 0.29) is 11.5 Å². The minimum absolute atomic E-state index is 0.196. The molecule has 0 aliphatic carbocycles. The molecular formula is C19H26N2O2. The van der Waals surface area contributed by atoms with Crippen LogP contribution in [0.4, 0.5) is 0 Å². The monoisotopic (exact) mass is 314 g/mol. The fourth-order valence-corrected chi connectivity index (χ4v) is 3.56. The van der Waals surface area contributed by atoms with Gasteiger partial charge in [0.1, 0.15) is 11.4 Å². The summed E-state index contributed by atoms with van der Waals surface area (Å²) in [5.41, 5.74) is 1.93. The molecule has 124 valence electrons. The summed E-state index contributed by atoms with van der Waals surface area (Å²) in [4.78, 5) is 14.5. The Bertz CT molecular complexity index is 599. The molecule has 1 amide bonds. The van der Waals surface area contributed by atoms with Crippen molar-refractivity contribution in [3.8, 4) is 5.75 Å². The lowest BCUT2D eigenvalue weighted by Crippen LogP contribution is -2.46. The van der Waals surface area contributed by atoms with Crippen LogP contribution < -0.4 is 10.1 Å². The molecule has 0 bridgehead atoms. The zero-order valence-corrected chi connectivity index (χ0v) is 14.1. The standard InChI is InChI=1S/C19H26N2O2/c1-3-21(4-2)18(22)13-15-14-19(9-11-20-12-10-19)23-17-8-6-5-7-16(15)17/h5-8,14,20H,3-4,9-13H2,1-2H3. The molecule has 4 heteroatoms. The summed E-state index contributed by atoms with van der Waals surface area (Å²) < 4.78 is 6.34. The number of piperidine rings is 1. The van der Waals surface area contributed by atoms with E-state index in [2.05, 4.69) is 17.5 Å². The van der Waals surface area contributed by atoms with Crippen molar-refractivity contribution in [2.75, 3.05) is 26.2 Å². The summed E-state index contributed by atoms with van der Waals surface area (Å²) in [6, 6.07) is 8.10. The van der Waals surface area contributed by atoms with Crippen LogP contribution in [0.15, 0.2) is 30.3 Å². The van der Waals surface area contributed by atoms with Crippen molar-refractivity contribution in [2.45, 2.75) is 38.7 Å². The Kier molecular flexibility index (Phi) is 4.71. The molecule has 2 heterocycles. The van der Waals surface area contributed by atoms with Gasteiger partial charge in [0, 0.05) is 31.5 Å². The van der Waals surface area contributed by atoms with E-state index in [9.17, 15) is 4.79 Å². The number of carbonyl (C=O) groups is 1. The first-order valence-corrected chi connectivity index (χ1v) is 8.66. The van der Waals surface area contributed by atoms with Gasteiger partial charge in [-0.1, -0.05) is 18.2 Å². The third-order valence-corrected chi connectivity index (χ3v) is 4.89. The van der Waals surface area contributed by atoms with Crippen LogP contribution in [0.1, 0.15) is 38.7 Å². The molecule has 4 nitrogen and oxygen atoms in total. The SMILES string of the molecule is CCN(CC)C(=O)CC1=CC2(CCNCC2)Oc2ccccc21. The lowest BCUT2D eigenvalue weighted by molar-refractivity contribution is -0.129. The summed E-state index contributed by atoms with van der Waals surface area (Å²) in [6.45, 7) is 7.49. The molecule has 23 heavy (non-hydrogen) atoms. The Labute approximate surface area is 138 Å². The third kappa shape index (κ3) is 3.27. The molecule has 0 saturated carbocycles. The Morgan fingerprint density at radius 1 is 1.22 bits per heavy atom. The van der Waals surface area contributed by atoms with Crippen molar-refractivity contribution in [2.24, 2.45) is 0 Å². The Balaban J connectivity index is 1.92. The molecule has 1 aromatic carbocycles. The average molecular weight is 314 g/mol. The fraction of sp³-hybridized carbons (Fsp3) is 0.526. The highest BCUT2D eigenvalue weighted by molar-refractivity contribution is 5.90. The highest BCUT2D eigenvalue weighted by atomic mass is 16.5. The Hall–Kier alpha value is -1.81. The topological polar surface area (TPSA) is 41.6 Å². The molecule has 1 saturated heterocycles. The number of para-hydroxylation sites is 1. The van der Waals surface area contributed by atoms with Crippen LogP contribution in [-0.2, 0) is 4.79 Å². The van der Waals surface area contributed by atoms with Gasteiger partial charge in [-0.3, -0.25) is 4.79 Å². The second kappa shape index (κ2) is 6.75. The van der Waals surface area contributed by atoms with Gasteiger partial charge in [-0.05, 0) is 44.7 Å². The Morgan fingerprint density at radius 3 is 2.61 bits per heavy atom. The molecule has 3 rings (SSSR count). The molecule has 1 aromatic rings.